The van der Waals surface area contributed by atoms with Crippen LogP contribution in [0.4, 0.5) is 0 Å². The number of rotatable bonds is 2. The number of aromatic hydroxyl groups is 1. The highest BCUT2D eigenvalue weighted by molar-refractivity contribution is 5.94. The summed E-state index contributed by atoms with van der Waals surface area (Å²) in [4.78, 5) is 10.9. The molecule has 2 rings (SSSR count). The van der Waals surface area contributed by atoms with E-state index in [9.17, 15) is 9.90 Å². The summed E-state index contributed by atoms with van der Waals surface area (Å²) < 4.78 is 0. The largest absolute Gasteiger partial charge is 0.506 e. The monoisotopic (exact) mass is 228 g/mol. The van der Waals surface area contributed by atoms with E-state index in [4.69, 9.17) is 5.11 Å². The van der Waals surface area contributed by atoms with Crippen molar-refractivity contribution in [1.29, 1.82) is 0 Å². The first kappa shape index (κ1) is 11.2. The Balaban J connectivity index is 2.60. The van der Waals surface area contributed by atoms with Gasteiger partial charge in [0.15, 0.2) is 0 Å². The first-order chi connectivity index (χ1) is 8.09. The lowest BCUT2D eigenvalue weighted by molar-refractivity contribution is 0.0694. The van der Waals surface area contributed by atoms with E-state index in [1.165, 1.54) is 6.07 Å². The van der Waals surface area contributed by atoms with Crippen molar-refractivity contribution in [3.8, 4) is 16.9 Å². The van der Waals surface area contributed by atoms with Gasteiger partial charge in [0.2, 0.25) is 0 Å². The molecule has 2 aromatic carbocycles. The highest BCUT2D eigenvalue weighted by Gasteiger charge is 2.13. The van der Waals surface area contributed by atoms with Crippen LogP contribution in [0.2, 0.25) is 0 Å². The van der Waals surface area contributed by atoms with E-state index in [2.05, 4.69) is 0 Å². The molecular formula is C14H12O3. The summed E-state index contributed by atoms with van der Waals surface area (Å²) in [6.45, 7) is 1.95. The Labute approximate surface area is 99.0 Å². The fourth-order valence-electron chi connectivity index (χ4n) is 1.76. The molecular weight excluding hydrogens is 216 g/mol. The van der Waals surface area contributed by atoms with E-state index in [0.29, 0.717) is 5.56 Å². The van der Waals surface area contributed by atoms with Gasteiger partial charge in [0.25, 0.3) is 0 Å². The second-order valence-corrected chi connectivity index (χ2v) is 3.88. The molecule has 0 atom stereocenters. The van der Waals surface area contributed by atoms with Crippen LogP contribution in [0.3, 0.4) is 0 Å². The fourth-order valence-corrected chi connectivity index (χ4v) is 1.76. The third-order valence-corrected chi connectivity index (χ3v) is 2.60. The van der Waals surface area contributed by atoms with Crippen LogP contribution < -0.4 is 0 Å². The van der Waals surface area contributed by atoms with E-state index in [1.807, 2.05) is 31.2 Å². The molecule has 17 heavy (non-hydrogen) atoms. The van der Waals surface area contributed by atoms with Crippen LogP contribution in [-0.4, -0.2) is 16.2 Å². The zero-order chi connectivity index (χ0) is 12.4. The molecule has 0 aliphatic carbocycles. The molecule has 0 radical (unpaired) electrons. The van der Waals surface area contributed by atoms with Crippen molar-refractivity contribution in [3.63, 3.8) is 0 Å². The second-order valence-electron chi connectivity index (χ2n) is 3.88. The molecule has 0 fully saturated rings. The summed E-state index contributed by atoms with van der Waals surface area (Å²) in [7, 11) is 0. The molecule has 0 saturated heterocycles. The number of carboxylic acids is 1. The van der Waals surface area contributed by atoms with Crippen molar-refractivity contribution >= 4 is 5.97 Å². The Hall–Kier alpha value is -2.29. The molecule has 3 heteroatoms. The highest BCUT2D eigenvalue weighted by Crippen LogP contribution is 2.32. The molecule has 0 spiro atoms. The van der Waals surface area contributed by atoms with E-state index >= 15 is 0 Å². The lowest BCUT2D eigenvalue weighted by atomic mass is 10.00. The van der Waals surface area contributed by atoms with Crippen molar-refractivity contribution in [3.05, 3.63) is 53.6 Å². The zero-order valence-electron chi connectivity index (χ0n) is 9.34. The maximum absolute atomic E-state index is 10.9. The normalized spacial score (nSPS) is 10.2. The first-order valence-corrected chi connectivity index (χ1v) is 5.22. The number of aryl methyl sites for hydroxylation is 1. The smallest absolute Gasteiger partial charge is 0.339 e. The SMILES string of the molecule is Cc1cccc(-c2cccc(C(=O)O)c2O)c1. The van der Waals surface area contributed by atoms with Crippen LogP contribution in [0.25, 0.3) is 11.1 Å². The molecule has 2 aromatic rings. The number of phenols is 1. The van der Waals surface area contributed by atoms with Gasteiger partial charge in [-0.05, 0) is 18.6 Å². The zero-order valence-corrected chi connectivity index (χ0v) is 9.34. The van der Waals surface area contributed by atoms with Crippen molar-refractivity contribution in [2.75, 3.05) is 0 Å². The van der Waals surface area contributed by atoms with Gasteiger partial charge in [-0.2, -0.15) is 0 Å². The predicted octanol–water partition coefficient (Wildman–Crippen LogP) is 3.07. The summed E-state index contributed by atoms with van der Waals surface area (Å²) in [5, 5.41) is 18.9. The Morgan fingerprint density at radius 1 is 1.12 bits per heavy atom. The van der Waals surface area contributed by atoms with Crippen molar-refractivity contribution in [2.24, 2.45) is 0 Å². The van der Waals surface area contributed by atoms with E-state index in [-0.39, 0.29) is 11.3 Å². The minimum Gasteiger partial charge on any atom is -0.506 e. The molecule has 86 valence electrons. The van der Waals surface area contributed by atoms with Crippen LogP contribution >= 0.6 is 0 Å². The molecule has 0 aromatic heterocycles. The van der Waals surface area contributed by atoms with Gasteiger partial charge >= 0.3 is 5.97 Å². The maximum Gasteiger partial charge on any atom is 0.339 e. The molecule has 0 aliphatic rings. The molecule has 0 amide bonds. The summed E-state index contributed by atoms with van der Waals surface area (Å²) in [6, 6.07) is 12.3. The van der Waals surface area contributed by atoms with Crippen LogP contribution in [-0.2, 0) is 0 Å². The Kier molecular flexibility index (Phi) is 2.83. The van der Waals surface area contributed by atoms with Gasteiger partial charge in [0.1, 0.15) is 11.3 Å². The Morgan fingerprint density at radius 2 is 1.82 bits per heavy atom. The van der Waals surface area contributed by atoms with Crippen molar-refractivity contribution in [1.82, 2.24) is 0 Å². The van der Waals surface area contributed by atoms with Crippen LogP contribution in [0, 0.1) is 6.92 Å². The highest BCUT2D eigenvalue weighted by atomic mass is 16.4. The third kappa shape index (κ3) is 2.13. The third-order valence-electron chi connectivity index (χ3n) is 2.60. The lowest BCUT2D eigenvalue weighted by Crippen LogP contribution is -1.97. The molecule has 0 unspecified atom stereocenters. The Bertz CT molecular complexity index is 573. The maximum atomic E-state index is 10.9. The van der Waals surface area contributed by atoms with Gasteiger partial charge in [-0.25, -0.2) is 4.79 Å². The summed E-state index contributed by atoms with van der Waals surface area (Å²) >= 11 is 0. The van der Waals surface area contributed by atoms with Crippen LogP contribution in [0.15, 0.2) is 42.5 Å². The first-order valence-electron chi connectivity index (χ1n) is 5.22. The predicted molar refractivity (Wildman–Crippen MR) is 65.2 cm³/mol. The number of benzene rings is 2. The number of aromatic carboxylic acids is 1. The van der Waals surface area contributed by atoms with Crippen LogP contribution in [0.5, 0.6) is 5.75 Å². The van der Waals surface area contributed by atoms with Gasteiger partial charge in [-0.15, -0.1) is 0 Å². The number of hydrogen-bond donors (Lipinski definition) is 2. The van der Waals surface area contributed by atoms with Crippen molar-refractivity contribution < 1.29 is 15.0 Å². The average Bonchev–Trinajstić information content (AvgIpc) is 2.29. The topological polar surface area (TPSA) is 57.5 Å². The van der Waals surface area contributed by atoms with Gasteiger partial charge in [0.05, 0.1) is 0 Å². The quantitative estimate of drug-likeness (QED) is 0.830. The van der Waals surface area contributed by atoms with E-state index in [1.54, 1.807) is 12.1 Å². The Morgan fingerprint density at radius 3 is 2.47 bits per heavy atom. The van der Waals surface area contributed by atoms with Crippen molar-refractivity contribution in [2.45, 2.75) is 6.92 Å². The van der Waals surface area contributed by atoms with E-state index in [0.717, 1.165) is 11.1 Å². The number of carboxylic acid groups (broad SMARTS) is 1. The lowest BCUT2D eigenvalue weighted by Gasteiger charge is -2.07. The van der Waals surface area contributed by atoms with Gasteiger partial charge < -0.3 is 10.2 Å². The number of carbonyl (C=O) groups is 1. The minimum atomic E-state index is -1.13. The number of hydrogen-bond acceptors (Lipinski definition) is 2. The minimum absolute atomic E-state index is 0.0796. The van der Waals surface area contributed by atoms with Gasteiger partial charge in [0, 0.05) is 5.56 Å². The molecule has 0 heterocycles. The van der Waals surface area contributed by atoms with E-state index < -0.39 is 5.97 Å². The molecule has 0 bridgehead atoms. The standard InChI is InChI=1S/C14H12O3/c1-9-4-2-5-10(8-9)11-6-3-7-12(13(11)15)14(16)17/h2-8,15H,1H3,(H,16,17). The molecule has 3 nitrogen and oxygen atoms in total. The molecule has 2 N–H and O–H groups in total. The molecule has 0 saturated carbocycles. The van der Waals surface area contributed by atoms with Crippen LogP contribution in [0.1, 0.15) is 15.9 Å². The average molecular weight is 228 g/mol. The summed E-state index contributed by atoms with van der Waals surface area (Å²) in [6.07, 6.45) is 0. The molecule has 0 aliphatic heterocycles. The second kappa shape index (κ2) is 4.29. The van der Waals surface area contributed by atoms with Gasteiger partial charge in [-0.1, -0.05) is 42.0 Å². The summed E-state index contributed by atoms with van der Waals surface area (Å²) in [5.74, 6) is -1.32. The summed E-state index contributed by atoms with van der Waals surface area (Å²) in [5.41, 5.74) is 2.32. The number of para-hydroxylation sites is 1. The fraction of sp³-hybridized carbons (Fsp3) is 0.0714. The van der Waals surface area contributed by atoms with Gasteiger partial charge in [-0.3, -0.25) is 0 Å².